The maximum atomic E-state index is 12.1. The van der Waals surface area contributed by atoms with E-state index in [0.29, 0.717) is 5.13 Å². The van der Waals surface area contributed by atoms with Gasteiger partial charge in [0, 0.05) is 25.2 Å². The standard InChI is InChI=1S/C15H24N6OS/c1-6-7-13-18-19-15(23-13)17-14(22)16-9(2)8-12-10(3)20-21(5)11(12)4/h9H,6-8H2,1-5H3,(H2,16,17,19,22)/t9-/m1/s1. The fourth-order valence-electron chi connectivity index (χ4n) is 2.45. The van der Waals surface area contributed by atoms with Crippen molar-refractivity contribution in [3.05, 3.63) is 22.0 Å². The number of hydrogen-bond donors (Lipinski definition) is 2. The largest absolute Gasteiger partial charge is 0.335 e. The van der Waals surface area contributed by atoms with Gasteiger partial charge in [-0.2, -0.15) is 5.10 Å². The molecule has 2 rings (SSSR count). The van der Waals surface area contributed by atoms with Gasteiger partial charge in [0.15, 0.2) is 0 Å². The third kappa shape index (κ3) is 4.51. The Morgan fingerprint density at radius 2 is 2.09 bits per heavy atom. The Balaban J connectivity index is 1.89. The van der Waals surface area contributed by atoms with Crippen LogP contribution in [-0.2, 0) is 19.9 Å². The number of carbonyl (C=O) groups excluding carboxylic acids is 1. The van der Waals surface area contributed by atoms with Crippen LogP contribution in [0.25, 0.3) is 0 Å². The van der Waals surface area contributed by atoms with E-state index in [4.69, 9.17) is 0 Å². The van der Waals surface area contributed by atoms with Crippen LogP contribution in [-0.4, -0.2) is 32.1 Å². The number of anilines is 1. The predicted molar refractivity (Wildman–Crippen MR) is 91.9 cm³/mol. The first-order valence-corrected chi connectivity index (χ1v) is 8.61. The third-order valence-electron chi connectivity index (χ3n) is 3.70. The van der Waals surface area contributed by atoms with E-state index in [2.05, 4.69) is 32.9 Å². The predicted octanol–water partition coefficient (Wildman–Crippen LogP) is 2.59. The Morgan fingerprint density at radius 1 is 1.35 bits per heavy atom. The summed E-state index contributed by atoms with van der Waals surface area (Å²) >= 11 is 1.42. The summed E-state index contributed by atoms with van der Waals surface area (Å²) in [5, 5.41) is 19.6. The van der Waals surface area contributed by atoms with Crippen molar-refractivity contribution in [1.29, 1.82) is 0 Å². The number of aromatic nitrogens is 4. The second kappa shape index (κ2) is 7.54. The molecule has 0 radical (unpaired) electrons. The van der Waals surface area contributed by atoms with Gasteiger partial charge < -0.3 is 5.32 Å². The van der Waals surface area contributed by atoms with Gasteiger partial charge in [0.25, 0.3) is 0 Å². The van der Waals surface area contributed by atoms with Crippen LogP contribution in [0, 0.1) is 13.8 Å². The Bertz CT molecular complexity index is 678. The highest BCUT2D eigenvalue weighted by atomic mass is 32.1. The second-order valence-electron chi connectivity index (χ2n) is 5.73. The lowest BCUT2D eigenvalue weighted by molar-refractivity contribution is 0.249. The number of amides is 2. The van der Waals surface area contributed by atoms with Gasteiger partial charge in [0.1, 0.15) is 5.01 Å². The highest BCUT2D eigenvalue weighted by Crippen LogP contribution is 2.17. The van der Waals surface area contributed by atoms with Crippen molar-refractivity contribution in [1.82, 2.24) is 25.3 Å². The van der Waals surface area contributed by atoms with E-state index in [1.165, 1.54) is 16.9 Å². The quantitative estimate of drug-likeness (QED) is 0.849. The number of aryl methyl sites for hydroxylation is 3. The van der Waals surface area contributed by atoms with Crippen molar-refractivity contribution in [2.45, 2.75) is 53.0 Å². The minimum absolute atomic E-state index is 0.000339. The van der Waals surface area contributed by atoms with Crippen LogP contribution >= 0.6 is 11.3 Å². The number of rotatable bonds is 6. The van der Waals surface area contributed by atoms with Gasteiger partial charge in [-0.05, 0) is 39.2 Å². The number of nitrogens with one attached hydrogen (secondary N) is 2. The van der Waals surface area contributed by atoms with Crippen LogP contribution < -0.4 is 10.6 Å². The molecule has 8 heteroatoms. The van der Waals surface area contributed by atoms with E-state index in [-0.39, 0.29) is 12.1 Å². The van der Waals surface area contributed by atoms with Crippen LogP contribution in [0.1, 0.15) is 42.2 Å². The second-order valence-corrected chi connectivity index (χ2v) is 6.79. The van der Waals surface area contributed by atoms with Crippen LogP contribution in [0.5, 0.6) is 0 Å². The third-order valence-corrected chi connectivity index (χ3v) is 4.60. The molecule has 0 spiro atoms. The first kappa shape index (κ1) is 17.4. The lowest BCUT2D eigenvalue weighted by atomic mass is 10.1. The van der Waals surface area contributed by atoms with Crippen molar-refractivity contribution in [2.75, 3.05) is 5.32 Å². The Labute approximate surface area is 140 Å². The molecule has 7 nitrogen and oxygen atoms in total. The van der Waals surface area contributed by atoms with Crippen LogP contribution in [0.2, 0.25) is 0 Å². The van der Waals surface area contributed by atoms with Gasteiger partial charge in [-0.25, -0.2) is 4.79 Å². The van der Waals surface area contributed by atoms with E-state index in [1.54, 1.807) is 0 Å². The van der Waals surface area contributed by atoms with Gasteiger partial charge in [-0.15, -0.1) is 10.2 Å². The molecule has 1 atom stereocenters. The summed E-state index contributed by atoms with van der Waals surface area (Å²) < 4.78 is 1.87. The SMILES string of the molecule is CCCc1nnc(NC(=O)N[C@H](C)Cc2c(C)nn(C)c2C)s1. The van der Waals surface area contributed by atoms with E-state index < -0.39 is 0 Å². The number of nitrogens with zero attached hydrogens (tertiary/aromatic N) is 4. The lowest BCUT2D eigenvalue weighted by Crippen LogP contribution is -2.37. The van der Waals surface area contributed by atoms with E-state index in [0.717, 1.165) is 35.7 Å². The molecule has 0 aliphatic carbocycles. The summed E-state index contributed by atoms with van der Waals surface area (Å²) in [5.74, 6) is 0. The maximum Gasteiger partial charge on any atom is 0.321 e. The fraction of sp³-hybridized carbons (Fsp3) is 0.600. The monoisotopic (exact) mass is 336 g/mol. The molecule has 2 N–H and O–H groups in total. The highest BCUT2D eigenvalue weighted by Gasteiger charge is 2.15. The Hall–Kier alpha value is -1.96. The summed E-state index contributed by atoms with van der Waals surface area (Å²) in [4.78, 5) is 12.1. The highest BCUT2D eigenvalue weighted by molar-refractivity contribution is 7.15. The smallest absolute Gasteiger partial charge is 0.321 e. The zero-order chi connectivity index (χ0) is 17.0. The first-order valence-electron chi connectivity index (χ1n) is 7.79. The molecule has 0 saturated heterocycles. The normalized spacial score (nSPS) is 12.2. The average molecular weight is 336 g/mol. The minimum atomic E-state index is -0.254. The van der Waals surface area contributed by atoms with Crippen molar-refractivity contribution in [3.63, 3.8) is 0 Å². The minimum Gasteiger partial charge on any atom is -0.335 e. The molecular formula is C15H24N6OS. The molecule has 0 aliphatic heterocycles. The van der Waals surface area contributed by atoms with Gasteiger partial charge in [0.2, 0.25) is 5.13 Å². The van der Waals surface area contributed by atoms with Crippen molar-refractivity contribution >= 4 is 22.5 Å². The molecule has 2 aromatic rings. The van der Waals surface area contributed by atoms with Gasteiger partial charge in [-0.3, -0.25) is 10.00 Å². The van der Waals surface area contributed by atoms with Crippen molar-refractivity contribution in [2.24, 2.45) is 7.05 Å². The van der Waals surface area contributed by atoms with Crippen molar-refractivity contribution < 1.29 is 4.79 Å². The molecule has 2 heterocycles. The Kier molecular flexibility index (Phi) is 5.70. The molecule has 2 aromatic heterocycles. The van der Waals surface area contributed by atoms with E-state index in [9.17, 15) is 4.79 Å². The van der Waals surface area contributed by atoms with Crippen LogP contribution in [0.3, 0.4) is 0 Å². The molecule has 0 fully saturated rings. The topological polar surface area (TPSA) is 84.7 Å². The van der Waals surface area contributed by atoms with Crippen molar-refractivity contribution in [3.8, 4) is 0 Å². The number of carbonyl (C=O) groups is 1. The molecule has 0 saturated carbocycles. The summed E-state index contributed by atoms with van der Waals surface area (Å²) in [6.07, 6.45) is 2.65. The lowest BCUT2D eigenvalue weighted by Gasteiger charge is -2.14. The summed E-state index contributed by atoms with van der Waals surface area (Å²) in [5.41, 5.74) is 3.32. The van der Waals surface area contributed by atoms with Crippen LogP contribution in [0.4, 0.5) is 9.93 Å². The molecule has 2 amide bonds. The summed E-state index contributed by atoms with van der Waals surface area (Å²) in [6, 6.07) is -0.254. The Morgan fingerprint density at radius 3 is 2.70 bits per heavy atom. The van der Waals surface area contributed by atoms with E-state index >= 15 is 0 Å². The average Bonchev–Trinajstić information content (AvgIpc) is 2.99. The fourth-order valence-corrected chi connectivity index (χ4v) is 3.28. The van der Waals surface area contributed by atoms with E-state index in [1.807, 2.05) is 32.5 Å². The molecule has 126 valence electrons. The first-order chi connectivity index (χ1) is 10.9. The zero-order valence-corrected chi connectivity index (χ0v) is 15.1. The van der Waals surface area contributed by atoms with Crippen LogP contribution in [0.15, 0.2) is 0 Å². The molecular weight excluding hydrogens is 312 g/mol. The summed E-state index contributed by atoms with van der Waals surface area (Å²) in [7, 11) is 1.93. The maximum absolute atomic E-state index is 12.1. The number of urea groups is 1. The van der Waals surface area contributed by atoms with Gasteiger partial charge >= 0.3 is 6.03 Å². The summed E-state index contributed by atoms with van der Waals surface area (Å²) in [6.45, 7) is 8.10. The zero-order valence-electron chi connectivity index (χ0n) is 14.3. The molecule has 23 heavy (non-hydrogen) atoms. The molecule has 0 aliphatic rings. The number of hydrogen-bond acceptors (Lipinski definition) is 5. The molecule has 0 bridgehead atoms. The molecule has 0 unspecified atom stereocenters. The van der Waals surface area contributed by atoms with Gasteiger partial charge in [-0.1, -0.05) is 18.3 Å². The molecule has 0 aromatic carbocycles. The van der Waals surface area contributed by atoms with Gasteiger partial charge in [0.05, 0.1) is 5.69 Å².